The summed E-state index contributed by atoms with van der Waals surface area (Å²) >= 11 is 5.93. The number of rotatable bonds is 0. The van der Waals surface area contributed by atoms with E-state index in [2.05, 4.69) is 11.1 Å². The molecule has 1 heterocycles. The molecule has 2 rings (SSSR count). The Balaban J connectivity index is 2.91. The third kappa shape index (κ3) is 1.07. The van der Waals surface area contributed by atoms with Crippen molar-refractivity contribution in [2.45, 2.75) is 6.92 Å². The number of fused-ring (bicyclic) bond motifs is 1. The van der Waals surface area contributed by atoms with Crippen LogP contribution in [0.4, 0.5) is 0 Å². The molecular weight excluding hydrogens is 170 g/mol. The first-order chi connectivity index (χ1) is 5.79. The van der Waals surface area contributed by atoms with Crippen molar-refractivity contribution >= 4 is 22.5 Å². The predicted octanol–water partition coefficient (Wildman–Crippen LogP) is 3.00. The van der Waals surface area contributed by atoms with Gasteiger partial charge in [-0.2, -0.15) is 0 Å². The number of aryl methyl sites for hydroxylation is 1. The van der Waals surface area contributed by atoms with Crippen molar-refractivity contribution in [3.63, 3.8) is 0 Å². The minimum absolute atomic E-state index is 0.759. The molecule has 0 N–H and O–H groups in total. The molecule has 0 saturated carbocycles. The standard InChI is InChI=1S/C10H7ClN/c1-7-9(11)5-4-8-3-2-6-12-10(7)8/h2,4-6H,1H3. The molecule has 0 unspecified atom stereocenters. The van der Waals surface area contributed by atoms with Gasteiger partial charge in [-0.1, -0.05) is 17.7 Å². The summed E-state index contributed by atoms with van der Waals surface area (Å²) in [5.74, 6) is 0. The van der Waals surface area contributed by atoms with Gasteiger partial charge in [0.2, 0.25) is 0 Å². The van der Waals surface area contributed by atoms with Gasteiger partial charge in [-0.15, -0.1) is 0 Å². The summed E-state index contributed by atoms with van der Waals surface area (Å²) in [7, 11) is 0. The van der Waals surface area contributed by atoms with Crippen LogP contribution in [-0.4, -0.2) is 4.98 Å². The second kappa shape index (κ2) is 2.76. The lowest BCUT2D eigenvalue weighted by atomic mass is 10.1. The van der Waals surface area contributed by atoms with Gasteiger partial charge in [-0.25, -0.2) is 0 Å². The highest BCUT2D eigenvalue weighted by Crippen LogP contribution is 2.22. The van der Waals surface area contributed by atoms with Gasteiger partial charge in [-0.3, -0.25) is 4.98 Å². The maximum Gasteiger partial charge on any atom is 0.0752 e. The molecule has 59 valence electrons. The molecule has 2 aromatic rings. The van der Waals surface area contributed by atoms with Crippen molar-refractivity contribution in [1.82, 2.24) is 4.98 Å². The zero-order valence-electron chi connectivity index (χ0n) is 6.63. The van der Waals surface area contributed by atoms with Crippen LogP contribution in [0.3, 0.4) is 0 Å². The Morgan fingerprint density at radius 2 is 2.25 bits per heavy atom. The largest absolute Gasteiger partial charge is 0.256 e. The number of benzene rings is 1. The first-order valence-electron chi connectivity index (χ1n) is 3.70. The van der Waals surface area contributed by atoms with E-state index in [1.807, 2.05) is 19.1 Å². The summed E-state index contributed by atoms with van der Waals surface area (Å²) in [6.07, 6.45) is 1.73. The monoisotopic (exact) mass is 176 g/mol. The number of hydrogen-bond donors (Lipinski definition) is 0. The van der Waals surface area contributed by atoms with Crippen LogP contribution in [0.25, 0.3) is 10.9 Å². The summed E-state index contributed by atoms with van der Waals surface area (Å²) in [4.78, 5) is 4.23. The van der Waals surface area contributed by atoms with Crippen LogP contribution >= 0.6 is 11.6 Å². The highest BCUT2D eigenvalue weighted by atomic mass is 35.5. The zero-order chi connectivity index (χ0) is 8.55. The molecule has 0 fully saturated rings. The molecule has 12 heavy (non-hydrogen) atoms. The highest BCUT2D eigenvalue weighted by Gasteiger charge is 2.00. The van der Waals surface area contributed by atoms with Crippen molar-refractivity contribution in [2.75, 3.05) is 0 Å². The van der Waals surface area contributed by atoms with Gasteiger partial charge in [0.1, 0.15) is 0 Å². The topological polar surface area (TPSA) is 12.9 Å². The second-order valence-corrected chi connectivity index (χ2v) is 3.06. The van der Waals surface area contributed by atoms with E-state index < -0.39 is 0 Å². The lowest BCUT2D eigenvalue weighted by molar-refractivity contribution is 1.36. The van der Waals surface area contributed by atoms with Crippen molar-refractivity contribution in [3.8, 4) is 0 Å². The maximum absolute atomic E-state index is 5.93. The number of nitrogens with zero attached hydrogens (tertiary/aromatic N) is 1. The Kier molecular flexibility index (Phi) is 1.74. The van der Waals surface area contributed by atoms with E-state index in [-0.39, 0.29) is 0 Å². The fraction of sp³-hybridized carbons (Fsp3) is 0.100. The molecule has 1 aromatic heterocycles. The lowest BCUT2D eigenvalue weighted by Crippen LogP contribution is -1.83. The van der Waals surface area contributed by atoms with Crippen LogP contribution in [0.2, 0.25) is 5.02 Å². The average molecular weight is 177 g/mol. The van der Waals surface area contributed by atoms with Crippen LogP contribution in [0.5, 0.6) is 0 Å². The number of aromatic nitrogens is 1. The van der Waals surface area contributed by atoms with E-state index in [4.69, 9.17) is 11.6 Å². The van der Waals surface area contributed by atoms with Crippen LogP contribution in [0.15, 0.2) is 24.4 Å². The summed E-state index contributed by atoms with van der Waals surface area (Å²) < 4.78 is 0. The van der Waals surface area contributed by atoms with Crippen LogP contribution < -0.4 is 0 Å². The number of pyridine rings is 1. The molecule has 0 spiro atoms. The van der Waals surface area contributed by atoms with E-state index in [9.17, 15) is 0 Å². The van der Waals surface area contributed by atoms with Crippen molar-refractivity contribution in [3.05, 3.63) is 41.0 Å². The van der Waals surface area contributed by atoms with Gasteiger partial charge in [0.15, 0.2) is 0 Å². The van der Waals surface area contributed by atoms with Gasteiger partial charge < -0.3 is 0 Å². The molecule has 1 nitrogen and oxygen atoms in total. The van der Waals surface area contributed by atoms with Gasteiger partial charge in [-0.05, 0) is 30.7 Å². The molecular formula is C10H7ClN. The SMILES string of the molecule is Cc1c(Cl)ccc2[c]ccnc12. The Bertz CT molecular complexity index is 423. The molecule has 0 atom stereocenters. The Morgan fingerprint density at radius 3 is 3.08 bits per heavy atom. The summed E-state index contributed by atoms with van der Waals surface area (Å²) in [6.45, 7) is 1.96. The fourth-order valence-electron chi connectivity index (χ4n) is 1.20. The van der Waals surface area contributed by atoms with Crippen LogP contribution in [0, 0.1) is 13.0 Å². The summed E-state index contributed by atoms with van der Waals surface area (Å²) in [5.41, 5.74) is 1.95. The molecule has 2 heteroatoms. The summed E-state index contributed by atoms with van der Waals surface area (Å²) in [6, 6.07) is 8.70. The van der Waals surface area contributed by atoms with E-state index in [1.54, 1.807) is 12.3 Å². The lowest BCUT2D eigenvalue weighted by Gasteiger charge is -2.01. The van der Waals surface area contributed by atoms with Crippen molar-refractivity contribution in [2.24, 2.45) is 0 Å². The molecule has 0 saturated heterocycles. The number of halogens is 1. The normalized spacial score (nSPS) is 10.5. The third-order valence-corrected chi connectivity index (χ3v) is 2.29. The molecule has 0 aliphatic carbocycles. The van der Waals surface area contributed by atoms with Crippen LogP contribution in [-0.2, 0) is 0 Å². The van der Waals surface area contributed by atoms with E-state index in [0.29, 0.717) is 0 Å². The van der Waals surface area contributed by atoms with Gasteiger partial charge >= 0.3 is 0 Å². The minimum atomic E-state index is 0.759. The Hall–Kier alpha value is -1.08. The van der Waals surface area contributed by atoms with E-state index in [0.717, 1.165) is 21.5 Å². The van der Waals surface area contributed by atoms with Crippen molar-refractivity contribution < 1.29 is 0 Å². The Morgan fingerprint density at radius 1 is 1.42 bits per heavy atom. The third-order valence-electron chi connectivity index (χ3n) is 1.88. The second-order valence-electron chi connectivity index (χ2n) is 2.66. The molecule has 0 amide bonds. The maximum atomic E-state index is 5.93. The molecule has 1 radical (unpaired) electrons. The highest BCUT2D eigenvalue weighted by molar-refractivity contribution is 6.32. The van der Waals surface area contributed by atoms with E-state index >= 15 is 0 Å². The molecule has 0 aliphatic heterocycles. The van der Waals surface area contributed by atoms with Gasteiger partial charge in [0.25, 0.3) is 0 Å². The smallest absolute Gasteiger partial charge is 0.0752 e. The van der Waals surface area contributed by atoms with Gasteiger partial charge in [0, 0.05) is 16.6 Å². The van der Waals surface area contributed by atoms with E-state index in [1.165, 1.54) is 0 Å². The first-order valence-corrected chi connectivity index (χ1v) is 4.08. The quantitative estimate of drug-likeness (QED) is 0.602. The molecule has 0 aliphatic rings. The molecule has 1 aromatic carbocycles. The van der Waals surface area contributed by atoms with Crippen molar-refractivity contribution in [1.29, 1.82) is 0 Å². The first kappa shape index (κ1) is 7.56. The predicted molar refractivity (Wildman–Crippen MR) is 50.3 cm³/mol. The fourth-order valence-corrected chi connectivity index (χ4v) is 1.35. The summed E-state index contributed by atoms with van der Waals surface area (Å²) in [5, 5.41) is 1.77. The average Bonchev–Trinajstić information content (AvgIpc) is 2.12. The minimum Gasteiger partial charge on any atom is -0.256 e. The number of hydrogen-bond acceptors (Lipinski definition) is 1. The van der Waals surface area contributed by atoms with Gasteiger partial charge in [0.05, 0.1) is 5.52 Å². The zero-order valence-corrected chi connectivity index (χ0v) is 7.39. The Labute approximate surface area is 76.0 Å². The van der Waals surface area contributed by atoms with Crippen LogP contribution in [0.1, 0.15) is 5.56 Å². The molecule has 0 bridgehead atoms.